The molecule has 0 fully saturated rings. The minimum Gasteiger partial charge on any atom is -0.458 e. The molecular formula is C28H27F4N5O3. The molecule has 2 aromatic heterocycles. The van der Waals surface area contributed by atoms with Crippen LogP contribution in [-0.4, -0.2) is 53.1 Å². The molecule has 0 aliphatic rings. The number of carbonyl (C=O) groups is 2. The first kappa shape index (κ1) is 28.6. The number of nitrogens with one attached hydrogen (secondary N) is 2. The summed E-state index contributed by atoms with van der Waals surface area (Å²) in [6.45, 7) is 2.01. The minimum absolute atomic E-state index is 0.0922. The number of pyridine rings is 1. The molecule has 0 spiro atoms. The van der Waals surface area contributed by atoms with Crippen molar-refractivity contribution in [1.82, 2.24) is 14.9 Å². The molecule has 0 aliphatic carbocycles. The smallest absolute Gasteiger partial charge is 0.458 e. The van der Waals surface area contributed by atoms with E-state index in [1.807, 2.05) is 25.1 Å². The summed E-state index contributed by atoms with van der Waals surface area (Å²) in [5, 5.41) is 3.95. The number of nitrogens with two attached hydrogens (primary N) is 1. The van der Waals surface area contributed by atoms with Crippen LogP contribution in [0.4, 0.5) is 28.9 Å². The van der Waals surface area contributed by atoms with Crippen LogP contribution in [0.3, 0.4) is 0 Å². The zero-order valence-electron chi connectivity index (χ0n) is 21.7. The number of hydrogen-bond acceptors (Lipinski definition) is 6. The second kappa shape index (κ2) is 11.7. The molecule has 40 heavy (non-hydrogen) atoms. The highest BCUT2D eigenvalue weighted by atomic mass is 19.4. The number of nitrogens with zero attached hydrogens (tertiary/aromatic N) is 2. The lowest BCUT2D eigenvalue weighted by atomic mass is 10.0. The lowest BCUT2D eigenvalue weighted by Crippen LogP contribution is -2.30. The Hall–Kier alpha value is -4.45. The van der Waals surface area contributed by atoms with Gasteiger partial charge < -0.3 is 20.8 Å². The largest absolute Gasteiger partial charge is 0.490 e. The quantitative estimate of drug-likeness (QED) is 0.180. The van der Waals surface area contributed by atoms with Gasteiger partial charge >= 0.3 is 12.1 Å². The number of esters is 1. The molecule has 12 heteroatoms. The van der Waals surface area contributed by atoms with E-state index < -0.39 is 24.7 Å². The summed E-state index contributed by atoms with van der Waals surface area (Å²) in [7, 11) is 1.70. The minimum atomic E-state index is -5.03. The van der Waals surface area contributed by atoms with Gasteiger partial charge in [-0.05, 0) is 66.6 Å². The van der Waals surface area contributed by atoms with Gasteiger partial charge in [-0.15, -0.1) is 0 Å². The highest BCUT2D eigenvalue weighted by Gasteiger charge is 2.40. The molecule has 2 heterocycles. The van der Waals surface area contributed by atoms with Crippen LogP contribution < -0.4 is 11.1 Å². The normalized spacial score (nSPS) is 11.7. The number of fused-ring (bicyclic) bond motifs is 1. The summed E-state index contributed by atoms with van der Waals surface area (Å²) in [5.41, 5.74) is 10.7. The van der Waals surface area contributed by atoms with Crippen molar-refractivity contribution in [3.05, 3.63) is 77.2 Å². The number of halogens is 4. The summed E-state index contributed by atoms with van der Waals surface area (Å²) in [6, 6.07) is 13.3. The van der Waals surface area contributed by atoms with Crippen LogP contribution in [-0.2, 0) is 22.5 Å². The Morgan fingerprint density at radius 2 is 1.88 bits per heavy atom. The molecule has 2 aromatic carbocycles. The average molecular weight is 558 g/mol. The number of amides is 1. The monoisotopic (exact) mass is 557 g/mol. The van der Waals surface area contributed by atoms with E-state index in [1.54, 1.807) is 30.1 Å². The number of H-pyrrole nitrogens is 1. The highest BCUT2D eigenvalue weighted by Crippen LogP contribution is 2.34. The zero-order chi connectivity index (χ0) is 29.0. The van der Waals surface area contributed by atoms with Crippen LogP contribution in [0.1, 0.15) is 28.4 Å². The van der Waals surface area contributed by atoms with Gasteiger partial charge in [-0.2, -0.15) is 13.2 Å². The molecule has 0 radical (unpaired) electrons. The Kier molecular flexibility index (Phi) is 8.38. The second-order valence-corrected chi connectivity index (χ2v) is 9.16. The number of alkyl halides is 3. The molecule has 0 bridgehead atoms. The van der Waals surface area contributed by atoms with Crippen molar-refractivity contribution in [3.63, 3.8) is 0 Å². The maximum Gasteiger partial charge on any atom is 0.490 e. The number of aromatic nitrogens is 2. The van der Waals surface area contributed by atoms with Crippen molar-refractivity contribution >= 4 is 34.3 Å². The Balaban J connectivity index is 1.62. The molecule has 1 amide bonds. The van der Waals surface area contributed by atoms with Gasteiger partial charge in [0.15, 0.2) is 0 Å². The van der Waals surface area contributed by atoms with Crippen LogP contribution in [0.5, 0.6) is 0 Å². The first-order valence-corrected chi connectivity index (χ1v) is 12.4. The zero-order valence-corrected chi connectivity index (χ0v) is 21.7. The van der Waals surface area contributed by atoms with E-state index in [-0.39, 0.29) is 17.9 Å². The molecule has 0 unspecified atom stereocenters. The number of primary amides is 1. The van der Waals surface area contributed by atoms with Crippen LogP contribution in [0, 0.1) is 5.82 Å². The predicted molar refractivity (Wildman–Crippen MR) is 142 cm³/mol. The Bertz CT molecular complexity index is 1530. The first-order chi connectivity index (χ1) is 19.0. The van der Waals surface area contributed by atoms with Crippen molar-refractivity contribution in [2.24, 2.45) is 5.73 Å². The molecular weight excluding hydrogens is 530 g/mol. The number of anilines is 2. The Labute approximate surface area is 227 Å². The van der Waals surface area contributed by atoms with Gasteiger partial charge in [-0.25, -0.2) is 14.2 Å². The topological polar surface area (TPSA) is 113 Å². The highest BCUT2D eigenvalue weighted by molar-refractivity contribution is 6.08. The fourth-order valence-electron chi connectivity index (χ4n) is 4.38. The summed E-state index contributed by atoms with van der Waals surface area (Å²) in [6.07, 6.45) is -3.05. The maximum atomic E-state index is 13.4. The fourth-order valence-corrected chi connectivity index (χ4v) is 4.38. The van der Waals surface area contributed by atoms with E-state index >= 15 is 0 Å². The van der Waals surface area contributed by atoms with Crippen LogP contribution in [0.2, 0.25) is 0 Å². The van der Waals surface area contributed by atoms with E-state index in [0.29, 0.717) is 41.1 Å². The van der Waals surface area contributed by atoms with Crippen LogP contribution in [0.15, 0.2) is 54.7 Å². The number of rotatable bonds is 10. The van der Waals surface area contributed by atoms with Crippen molar-refractivity contribution in [1.29, 1.82) is 0 Å². The molecule has 8 nitrogen and oxygen atoms in total. The van der Waals surface area contributed by atoms with Crippen molar-refractivity contribution in [2.75, 3.05) is 25.5 Å². The van der Waals surface area contributed by atoms with Crippen molar-refractivity contribution < 1.29 is 31.9 Å². The van der Waals surface area contributed by atoms with Gasteiger partial charge in [0.25, 0.3) is 5.91 Å². The first-order valence-electron chi connectivity index (χ1n) is 12.4. The number of likely N-dealkylation sites (N-methyl/N-ethyl adjacent to an activating group) is 1. The third-order valence-corrected chi connectivity index (χ3v) is 6.34. The molecule has 0 saturated carbocycles. The number of ether oxygens (including phenoxy) is 1. The van der Waals surface area contributed by atoms with E-state index in [4.69, 9.17) is 5.73 Å². The van der Waals surface area contributed by atoms with Gasteiger partial charge in [-0.1, -0.05) is 19.1 Å². The summed E-state index contributed by atoms with van der Waals surface area (Å²) < 4.78 is 54.9. The lowest BCUT2D eigenvalue weighted by Gasteiger charge is -2.21. The number of carbonyl (C=O) groups excluding carboxylic acids is 2. The van der Waals surface area contributed by atoms with Crippen LogP contribution >= 0.6 is 0 Å². The van der Waals surface area contributed by atoms with Gasteiger partial charge in [-0.3, -0.25) is 9.69 Å². The molecule has 4 rings (SSSR count). The summed E-state index contributed by atoms with van der Waals surface area (Å²) >= 11 is 0. The van der Waals surface area contributed by atoms with Crippen molar-refractivity contribution in [3.8, 4) is 11.3 Å². The SMILES string of the molecule is CCc1c(CN(C)CCOC(=O)C(F)(F)F)cccc1Nc1c(C(N)=O)cnc2[nH]c(-c3ccc(F)cc3)cc12. The van der Waals surface area contributed by atoms with Gasteiger partial charge in [0.2, 0.25) is 0 Å². The molecule has 0 aliphatic heterocycles. The molecule has 4 aromatic rings. The number of benzene rings is 2. The lowest BCUT2D eigenvalue weighted by molar-refractivity contribution is -0.199. The van der Waals surface area contributed by atoms with Gasteiger partial charge in [0.1, 0.15) is 18.1 Å². The van der Waals surface area contributed by atoms with E-state index in [1.165, 1.54) is 18.3 Å². The molecule has 0 atom stereocenters. The summed E-state index contributed by atoms with van der Waals surface area (Å²) in [5.74, 6) is -3.26. The molecule has 4 N–H and O–H groups in total. The molecule has 210 valence electrons. The van der Waals surface area contributed by atoms with Gasteiger partial charge in [0.05, 0.1) is 11.3 Å². The van der Waals surface area contributed by atoms with Gasteiger partial charge in [0, 0.05) is 36.1 Å². The average Bonchev–Trinajstić information content (AvgIpc) is 3.33. The number of aromatic amines is 1. The second-order valence-electron chi connectivity index (χ2n) is 9.16. The van der Waals surface area contributed by atoms with E-state index in [0.717, 1.165) is 16.7 Å². The maximum absolute atomic E-state index is 13.4. The standard InChI is InChI=1S/C28H27F4N5O3/c1-3-19-17(15-37(2)11-12-40-27(39)28(30,31)32)5-4-6-22(19)35-24-20-13-23(16-7-9-18(29)10-8-16)36-26(20)34-14-21(24)25(33)38/h4-10,13-14H,3,11-12,15H2,1-2H3,(H2,33,38)(H2,34,35,36). The predicted octanol–water partition coefficient (Wildman–Crippen LogP) is 5.31. The van der Waals surface area contributed by atoms with Crippen molar-refractivity contribution in [2.45, 2.75) is 26.1 Å². The summed E-state index contributed by atoms with van der Waals surface area (Å²) in [4.78, 5) is 32.6. The number of hydrogen-bond donors (Lipinski definition) is 3. The van der Waals surface area contributed by atoms with Crippen LogP contribution in [0.25, 0.3) is 22.3 Å². The third kappa shape index (κ3) is 6.40. The van der Waals surface area contributed by atoms with E-state index in [2.05, 4.69) is 20.0 Å². The fraction of sp³-hybridized carbons (Fsp3) is 0.250. The Morgan fingerprint density at radius 3 is 2.52 bits per heavy atom. The molecule has 0 saturated heterocycles. The van der Waals surface area contributed by atoms with E-state index in [9.17, 15) is 27.2 Å². The third-order valence-electron chi connectivity index (χ3n) is 6.34. The Morgan fingerprint density at radius 1 is 1.15 bits per heavy atom.